The lowest BCUT2D eigenvalue weighted by Crippen LogP contribution is -2.42. The van der Waals surface area contributed by atoms with E-state index in [1.807, 2.05) is 0 Å². The zero-order chi connectivity index (χ0) is 127. The van der Waals surface area contributed by atoms with Crippen molar-refractivity contribution in [1.29, 1.82) is 0 Å². The minimum Gasteiger partial charge on any atom is -0.481 e. The fourth-order valence-electron chi connectivity index (χ4n) is 10.6. The number of hydrogen-bond acceptors (Lipinski definition) is 35. The van der Waals surface area contributed by atoms with E-state index in [4.69, 9.17) is 86.7 Å². The average molecular weight is 1950 g/mol. The summed E-state index contributed by atoms with van der Waals surface area (Å²) in [4.78, 5) is 294. The molecule has 60 nitrogen and oxygen atoms in total. The second-order valence-corrected chi connectivity index (χ2v) is 28.1. The quantitative estimate of drug-likeness (QED) is 0.0253. The van der Waals surface area contributed by atoms with Crippen LogP contribution >= 0.6 is 0 Å². The highest BCUT2D eigenvalue weighted by Crippen LogP contribution is 2.21. The Balaban J connectivity index is 0.000000900. The Kier molecular flexibility index (Phi) is 27.6. The van der Waals surface area contributed by atoms with Crippen molar-refractivity contribution in [2.75, 3.05) is 0 Å². The van der Waals surface area contributed by atoms with E-state index in [1.165, 1.54) is 46.9 Å². The molecule has 5 unspecified atom stereocenters. The number of carboxylic acids is 10. The van der Waals surface area contributed by atoms with Crippen molar-refractivity contribution in [3.8, 4) is 0 Å². The van der Waals surface area contributed by atoms with Crippen LogP contribution in [0.15, 0.2) is 79.5 Å². The predicted molar refractivity (Wildman–Crippen MR) is 457 cm³/mol. The van der Waals surface area contributed by atoms with Gasteiger partial charge < -0.3 is 99.4 Å². The molecule has 0 aromatic carbocycles. The number of aliphatic hydroxyl groups is 5. The van der Waals surface area contributed by atoms with Crippen molar-refractivity contribution in [2.24, 2.45) is 105 Å². The van der Waals surface area contributed by atoms with E-state index < -0.39 is 316 Å². The van der Waals surface area contributed by atoms with Gasteiger partial charge in [-0.2, -0.15) is 0 Å². The van der Waals surface area contributed by atoms with Crippen LogP contribution in [-0.4, -0.2) is 287 Å². The summed E-state index contributed by atoms with van der Waals surface area (Å²) < 4.78 is 198. The standard InChI is InChI=1S/5C8H10N4O2.5C7H10O6/c5*1-10-4-9-6-5(10)7(13)12(3)8(14)11(6)2;5*1-4(8)2-7(13,6(11)12)3-5(9)10/h5*4H,1-3H3;5*13H,2-3H2,1H3,(H,9,10)(H,11,12)/i3D3,4D;2D3,3D3;1D3,4D;1D3,3D3;1D3,2D3;;;;;. The molecule has 10 rings (SSSR count). The Hall–Kier alpha value is -16.4. The molecule has 0 spiro atoms. The molecule has 10 aromatic heterocycles. The molecule has 5 atom stereocenters. The molecule has 0 aliphatic heterocycles. The van der Waals surface area contributed by atoms with Crippen molar-refractivity contribution < 1.29 is 184 Å². The average Bonchev–Trinajstić information content (AvgIpc) is 1.72. The third-order valence-electron chi connectivity index (χ3n) is 16.9. The Bertz CT molecular complexity index is 7700. The number of Topliss-reactive ketones (excluding diaryl/α,β-unsaturated/α-hetero) is 5. The Morgan fingerprint density at radius 1 is 0.252 bits per heavy atom. The number of carbonyl (C=O) groups is 15. The number of carboxylic acid groups (broad SMARTS) is 10. The number of aromatic nitrogens is 20. The first-order valence-electron chi connectivity index (χ1n) is 48.8. The monoisotopic (exact) mass is 1950 g/mol. The molecule has 0 saturated carbocycles. The summed E-state index contributed by atoms with van der Waals surface area (Å²) in [7, 11) is 9.00. The van der Waals surface area contributed by atoms with Crippen molar-refractivity contribution in [1.82, 2.24) is 93.4 Å². The number of rotatable bonds is 25. The smallest absolute Gasteiger partial charge is 0.336 e. The number of imidazole rings is 5. The molecule has 0 saturated heterocycles. The normalized spacial score (nSPS) is 16.4. The van der Waals surface area contributed by atoms with Gasteiger partial charge in [0.05, 0.1) is 63.7 Å². The predicted octanol–water partition coefficient (Wildman–Crippen LogP) is -8.87. The Morgan fingerprint density at radius 2 is 0.430 bits per heavy atom. The molecule has 0 fully saturated rings. The molecule has 135 heavy (non-hydrogen) atoms. The zero-order valence-corrected chi connectivity index (χ0v) is 71.7. The van der Waals surface area contributed by atoms with Crippen LogP contribution in [0.1, 0.15) is 134 Å². The summed E-state index contributed by atoms with van der Waals surface area (Å²) in [5.74, 6) is -18.7. The molecule has 15 N–H and O–H groups in total. The van der Waals surface area contributed by atoms with Gasteiger partial charge in [0.1, 0.15) is 31.7 Å². The van der Waals surface area contributed by atoms with Gasteiger partial charge in [0.2, 0.25) is 0 Å². The van der Waals surface area contributed by atoms with Gasteiger partial charge in [0.25, 0.3) is 27.8 Å². The van der Waals surface area contributed by atoms with Gasteiger partial charge in [-0.05, 0) is 34.6 Å². The minimum atomic E-state index is -3.08. The maximum absolute atomic E-state index is 12.2. The van der Waals surface area contributed by atoms with Crippen LogP contribution in [0.3, 0.4) is 0 Å². The number of fused-ring (bicyclic) bond motifs is 5. The number of ketones is 5. The number of aliphatic carboxylic acids is 10. The van der Waals surface area contributed by atoms with Gasteiger partial charge in [-0.25, -0.2) is 72.9 Å². The summed E-state index contributed by atoms with van der Waals surface area (Å²) in [6, 6.07) is 0. The van der Waals surface area contributed by atoms with Gasteiger partial charge >= 0.3 is 88.1 Å². The second kappa shape index (κ2) is 47.4. The molecule has 10 heterocycles. The molecule has 0 bridgehead atoms. The van der Waals surface area contributed by atoms with Crippen LogP contribution in [0.2, 0.25) is 0 Å². The summed E-state index contributed by atoms with van der Waals surface area (Å²) >= 11 is 0. The van der Waals surface area contributed by atoms with E-state index in [-0.39, 0.29) is 63.7 Å². The number of hydrogen-bond donors (Lipinski definition) is 15. The van der Waals surface area contributed by atoms with Crippen molar-refractivity contribution in [2.45, 2.75) is 127 Å². The molecule has 0 aliphatic carbocycles. The highest BCUT2D eigenvalue weighted by atomic mass is 16.4. The van der Waals surface area contributed by atoms with Crippen LogP contribution in [0.25, 0.3) is 55.8 Å². The lowest BCUT2D eigenvalue weighted by Gasteiger charge is -2.19. The van der Waals surface area contributed by atoms with Crippen LogP contribution in [0.4, 0.5) is 0 Å². The molecule has 0 amide bonds. The lowest BCUT2D eigenvalue weighted by atomic mass is 9.94. The number of carbonyl (C=O) groups excluding carboxylic acids is 5. The third-order valence-corrected chi connectivity index (χ3v) is 16.9. The highest BCUT2D eigenvalue weighted by molar-refractivity contribution is 5.93. The van der Waals surface area contributed by atoms with E-state index in [1.54, 1.807) is 0 Å². The molecule has 740 valence electrons. The van der Waals surface area contributed by atoms with Crippen molar-refractivity contribution in [3.05, 3.63) is 136 Å². The SMILES string of the molecule is CC(=O)CC(O)(CC(=O)O)C(=O)O.CC(=O)CC(O)(CC(=O)O)C(=O)O.CC(=O)CC(O)(CC(=O)O)C(=O)O.CC(=O)CC(O)(CC(=O)O)C(=O)O.CC(=O)CC(O)(CC(=O)O)C(=O)O.[2H]C([2H])([2H])n1c(=O)c2c(ncn2C([2H])([2H])[2H])n(C)c1=O.[2H]C([2H])([2H])n1c(=O)c2c(ncn2C)n(C([2H])([2H])[2H])c1=O.[2H]C([2H])([2H])n1cnc2c1c(=O)n(C)c(=O)n2C([2H])([2H])[2H].[2H]c1nc2c(c(=O)n(C([2H])([2H])[2H])c(=O)n2C)n1C.[2H]c1nc2c(c(=O)n(C)c(=O)n2C)n1C([2H])([2H])[2H]. The largest absolute Gasteiger partial charge is 0.481 e. The highest BCUT2D eigenvalue weighted by Gasteiger charge is 2.44. The number of nitrogens with zero attached hydrogens (tertiary/aromatic N) is 20. The molecular weight excluding hydrogens is 1820 g/mol. The first-order chi connectivity index (χ1) is 72.1. The molecule has 60 heteroatoms. The fourth-order valence-corrected chi connectivity index (χ4v) is 10.6. The number of aryl methyl sites for hydroxylation is 10. The molecule has 0 radical (unpaired) electrons. The van der Waals surface area contributed by atoms with E-state index in [0.29, 0.717) is 22.8 Å². The maximum Gasteiger partial charge on any atom is 0.336 e. The van der Waals surface area contributed by atoms with Gasteiger partial charge in [0, 0.05) is 170 Å². The van der Waals surface area contributed by atoms with Gasteiger partial charge in [-0.1, -0.05) is 0 Å². The summed E-state index contributed by atoms with van der Waals surface area (Å²) in [5.41, 5.74) is -25.3. The molecule has 0 aliphatic rings. The second-order valence-electron chi connectivity index (χ2n) is 28.1. The van der Waals surface area contributed by atoms with E-state index in [0.717, 1.165) is 83.5 Å². The van der Waals surface area contributed by atoms with Gasteiger partial charge in [-0.15, -0.1) is 0 Å². The van der Waals surface area contributed by atoms with Crippen molar-refractivity contribution in [3.63, 3.8) is 0 Å². The zero-order valence-electron chi connectivity index (χ0n) is 97.7. The van der Waals surface area contributed by atoms with E-state index in [9.17, 15) is 145 Å². The van der Waals surface area contributed by atoms with Gasteiger partial charge in [0.15, 0.2) is 83.8 Å². The van der Waals surface area contributed by atoms with E-state index >= 15 is 0 Å². The minimum absolute atomic E-state index is 0.00185. The lowest BCUT2D eigenvalue weighted by molar-refractivity contribution is -0.167. The van der Waals surface area contributed by atoms with Crippen LogP contribution < -0.4 is 56.2 Å². The first kappa shape index (κ1) is 78.4. The fraction of sp³-hybridized carbons (Fsp3) is 0.467. The summed E-state index contributed by atoms with van der Waals surface area (Å²) in [6.07, 6.45) is -6.39. The Labute approximate surface area is 788 Å². The van der Waals surface area contributed by atoms with Crippen molar-refractivity contribution >= 4 is 144 Å². The maximum atomic E-state index is 12.2. The van der Waals surface area contributed by atoms with Crippen LogP contribution in [0.5, 0.6) is 0 Å². The third kappa shape index (κ3) is 30.1. The molecule has 10 aromatic rings. The van der Waals surface area contributed by atoms with Crippen LogP contribution in [-0.2, 0) is 177 Å². The van der Waals surface area contributed by atoms with Gasteiger partial charge in [-0.3, -0.25) is 118 Å². The van der Waals surface area contributed by atoms with E-state index in [2.05, 4.69) is 24.9 Å². The summed E-state index contributed by atoms with van der Waals surface area (Å²) in [6.45, 7) is -17.5. The Morgan fingerprint density at radius 3 is 0.652 bits per heavy atom. The topological polar surface area (TPSA) is 869 Å². The first-order valence-corrected chi connectivity index (χ1v) is 35.8. The van der Waals surface area contributed by atoms with Crippen LogP contribution in [0, 0.1) is 0 Å². The summed E-state index contributed by atoms with van der Waals surface area (Å²) in [5, 5.41) is 130. The molecular formula is C75H100N20O40.